The zero-order valence-electron chi connectivity index (χ0n) is 15.9. The highest BCUT2D eigenvalue weighted by atomic mass is 14.6. The molecule has 3 aromatic carbocycles. The summed E-state index contributed by atoms with van der Waals surface area (Å²) < 4.78 is 0. The number of anilines is 2. The van der Waals surface area contributed by atoms with Gasteiger partial charge in [0.15, 0.2) is 0 Å². The largest absolute Gasteiger partial charge is 0.398 e. The van der Waals surface area contributed by atoms with Crippen molar-refractivity contribution in [1.29, 1.82) is 0 Å². The van der Waals surface area contributed by atoms with Crippen molar-refractivity contribution in [3.05, 3.63) is 72.3 Å². The Labute approximate surface area is 157 Å². The number of hydrogen-bond acceptors (Lipinski definition) is 3. The third kappa shape index (κ3) is 5.24. The third-order valence-electron chi connectivity index (χ3n) is 4.80. The Hall–Kier alpha value is -2.52. The van der Waals surface area contributed by atoms with Crippen LogP contribution in [0.1, 0.15) is 38.7 Å². The van der Waals surface area contributed by atoms with Gasteiger partial charge in [-0.1, -0.05) is 74.9 Å². The van der Waals surface area contributed by atoms with Crippen LogP contribution in [0.3, 0.4) is 0 Å². The normalized spacial score (nSPS) is 11.0. The van der Waals surface area contributed by atoms with E-state index in [1.807, 2.05) is 36.4 Å². The molecular weight excluding hydrogens is 318 g/mol. The molecule has 0 aromatic heterocycles. The maximum Gasteiger partial charge on any atom is 0.0394 e. The van der Waals surface area contributed by atoms with E-state index in [4.69, 9.17) is 17.2 Å². The van der Waals surface area contributed by atoms with Crippen LogP contribution in [0.15, 0.2) is 66.7 Å². The number of hydrogen-bond donors (Lipinski definition) is 3. The lowest BCUT2D eigenvalue weighted by atomic mass is 9.80. The highest BCUT2D eigenvalue weighted by Gasteiger charge is 2.18. The Balaban J connectivity index is 0.000000189. The number of rotatable bonds is 5. The lowest BCUT2D eigenvalue weighted by Gasteiger charge is -2.25. The van der Waals surface area contributed by atoms with Crippen molar-refractivity contribution in [2.75, 3.05) is 18.0 Å². The van der Waals surface area contributed by atoms with Crippen LogP contribution in [-0.4, -0.2) is 6.54 Å². The first-order chi connectivity index (χ1) is 12.5. The number of benzene rings is 3. The van der Waals surface area contributed by atoms with Gasteiger partial charge in [-0.15, -0.1) is 0 Å². The first kappa shape index (κ1) is 19.8. The summed E-state index contributed by atoms with van der Waals surface area (Å²) in [5, 5.41) is 2.05. The van der Waals surface area contributed by atoms with Gasteiger partial charge in [-0.05, 0) is 42.5 Å². The van der Waals surface area contributed by atoms with Crippen molar-refractivity contribution in [1.82, 2.24) is 0 Å². The van der Waals surface area contributed by atoms with Gasteiger partial charge in [0.2, 0.25) is 0 Å². The second-order valence-electron chi connectivity index (χ2n) is 7.29. The highest BCUT2D eigenvalue weighted by Crippen LogP contribution is 2.28. The molecule has 0 saturated heterocycles. The molecule has 0 aliphatic rings. The fourth-order valence-corrected chi connectivity index (χ4v) is 3.10. The predicted octanol–water partition coefficient (Wildman–Crippen LogP) is 5.10. The van der Waals surface area contributed by atoms with Crippen LogP contribution >= 0.6 is 0 Å². The Morgan fingerprint density at radius 3 is 1.73 bits per heavy atom. The topological polar surface area (TPSA) is 78.1 Å². The molecule has 0 atom stereocenters. The van der Waals surface area contributed by atoms with Crippen molar-refractivity contribution in [2.24, 2.45) is 5.73 Å². The minimum Gasteiger partial charge on any atom is -0.398 e. The lowest BCUT2D eigenvalue weighted by molar-refractivity contribution is 0.454. The van der Waals surface area contributed by atoms with Gasteiger partial charge in [0.25, 0.3) is 0 Å². The summed E-state index contributed by atoms with van der Waals surface area (Å²) in [6.45, 7) is 5.42. The van der Waals surface area contributed by atoms with Gasteiger partial charge < -0.3 is 17.2 Å². The van der Waals surface area contributed by atoms with Crippen molar-refractivity contribution in [3.63, 3.8) is 0 Å². The molecule has 6 N–H and O–H groups in total. The summed E-state index contributed by atoms with van der Waals surface area (Å²) in [5.41, 5.74) is 20.3. The van der Waals surface area contributed by atoms with Crippen molar-refractivity contribution in [3.8, 4) is 0 Å². The number of nitrogens with two attached hydrogens (primary N) is 3. The van der Waals surface area contributed by atoms with E-state index in [1.54, 1.807) is 0 Å². The summed E-state index contributed by atoms with van der Waals surface area (Å²) >= 11 is 0. The van der Waals surface area contributed by atoms with Crippen LogP contribution in [0, 0.1) is 0 Å². The minimum absolute atomic E-state index is 0.288. The Morgan fingerprint density at radius 2 is 1.23 bits per heavy atom. The van der Waals surface area contributed by atoms with E-state index < -0.39 is 0 Å². The van der Waals surface area contributed by atoms with E-state index >= 15 is 0 Å². The van der Waals surface area contributed by atoms with E-state index in [0.29, 0.717) is 0 Å². The van der Waals surface area contributed by atoms with Gasteiger partial charge in [0, 0.05) is 22.1 Å². The Morgan fingerprint density at radius 1 is 0.692 bits per heavy atom. The summed E-state index contributed by atoms with van der Waals surface area (Å²) in [7, 11) is 0. The molecule has 3 nitrogen and oxygen atoms in total. The van der Waals surface area contributed by atoms with E-state index in [-0.39, 0.29) is 5.41 Å². The predicted molar refractivity (Wildman–Crippen MR) is 115 cm³/mol. The first-order valence-corrected chi connectivity index (χ1v) is 9.24. The maximum atomic E-state index is 5.77. The standard InChI is InChI=1S/C13H21N.C10H10N2/c1-13(2,10-6-7-11-14)12-8-4-3-5-9-12;11-9-5-1-3-7-8(9)4-2-6-10(7)12/h3-5,8-9H,6-7,10-11,14H2,1-2H3;1-6H,11-12H2. The zero-order chi connectivity index (χ0) is 19.0. The quantitative estimate of drug-likeness (QED) is 0.443. The first-order valence-electron chi connectivity index (χ1n) is 9.24. The zero-order valence-corrected chi connectivity index (χ0v) is 15.9. The Kier molecular flexibility index (Phi) is 7.05. The van der Waals surface area contributed by atoms with Crippen molar-refractivity contribution < 1.29 is 0 Å². The van der Waals surface area contributed by atoms with Gasteiger partial charge in [-0.3, -0.25) is 0 Å². The molecule has 26 heavy (non-hydrogen) atoms. The van der Waals surface area contributed by atoms with Crippen LogP contribution in [0.5, 0.6) is 0 Å². The highest BCUT2D eigenvalue weighted by molar-refractivity contribution is 5.99. The third-order valence-corrected chi connectivity index (χ3v) is 4.80. The molecule has 0 unspecified atom stereocenters. The molecule has 0 aliphatic carbocycles. The summed E-state index contributed by atoms with van der Waals surface area (Å²) in [6, 6.07) is 22.2. The summed E-state index contributed by atoms with van der Waals surface area (Å²) in [5.74, 6) is 0. The number of unbranched alkanes of at least 4 members (excludes halogenated alkanes) is 1. The van der Waals surface area contributed by atoms with Crippen LogP contribution in [0.2, 0.25) is 0 Å². The van der Waals surface area contributed by atoms with Gasteiger partial charge in [0.05, 0.1) is 0 Å². The minimum atomic E-state index is 0.288. The number of fused-ring (bicyclic) bond motifs is 1. The maximum absolute atomic E-state index is 5.77. The molecule has 0 bridgehead atoms. The molecular formula is C23H31N3. The molecule has 0 amide bonds. The fraction of sp³-hybridized carbons (Fsp3) is 0.304. The average molecular weight is 350 g/mol. The molecule has 0 heterocycles. The SMILES string of the molecule is CC(C)(CCCCN)c1ccccc1.Nc1cccc2c(N)cccc12. The second kappa shape index (κ2) is 9.25. The smallest absolute Gasteiger partial charge is 0.0394 e. The molecule has 3 heteroatoms. The molecule has 0 radical (unpaired) electrons. The van der Waals surface area contributed by atoms with Crippen molar-refractivity contribution in [2.45, 2.75) is 38.5 Å². The average Bonchev–Trinajstić information content (AvgIpc) is 2.64. The molecule has 138 valence electrons. The van der Waals surface area contributed by atoms with E-state index in [9.17, 15) is 0 Å². The monoisotopic (exact) mass is 349 g/mol. The van der Waals surface area contributed by atoms with Crippen LogP contribution in [0.4, 0.5) is 11.4 Å². The van der Waals surface area contributed by atoms with Gasteiger partial charge in [-0.25, -0.2) is 0 Å². The molecule has 0 saturated carbocycles. The molecule has 0 aliphatic heterocycles. The van der Waals surface area contributed by atoms with Gasteiger partial charge in [0.1, 0.15) is 0 Å². The lowest BCUT2D eigenvalue weighted by Crippen LogP contribution is -2.17. The summed E-state index contributed by atoms with van der Waals surface area (Å²) in [6.07, 6.45) is 3.57. The number of nitrogen functional groups attached to an aromatic ring is 2. The second-order valence-corrected chi connectivity index (χ2v) is 7.29. The fourth-order valence-electron chi connectivity index (χ4n) is 3.10. The van der Waals surface area contributed by atoms with E-state index in [0.717, 1.165) is 35.1 Å². The molecule has 3 aromatic rings. The Bertz CT molecular complexity index is 769. The van der Waals surface area contributed by atoms with Gasteiger partial charge in [-0.2, -0.15) is 0 Å². The van der Waals surface area contributed by atoms with Crippen molar-refractivity contribution >= 4 is 22.1 Å². The summed E-state index contributed by atoms with van der Waals surface area (Å²) in [4.78, 5) is 0. The molecule has 0 fully saturated rings. The van der Waals surface area contributed by atoms with Crippen LogP contribution < -0.4 is 17.2 Å². The van der Waals surface area contributed by atoms with E-state index in [2.05, 4.69) is 44.2 Å². The van der Waals surface area contributed by atoms with Crippen LogP contribution in [-0.2, 0) is 5.41 Å². The van der Waals surface area contributed by atoms with E-state index in [1.165, 1.54) is 18.4 Å². The van der Waals surface area contributed by atoms with Gasteiger partial charge >= 0.3 is 0 Å². The van der Waals surface area contributed by atoms with Crippen LogP contribution in [0.25, 0.3) is 10.8 Å². The molecule has 3 rings (SSSR count). The molecule has 0 spiro atoms.